The van der Waals surface area contributed by atoms with Gasteiger partial charge in [-0.2, -0.15) is 12.7 Å². The first kappa shape index (κ1) is 44.1. The summed E-state index contributed by atoms with van der Waals surface area (Å²) in [5, 5.41) is 2.68. The second-order valence-electron chi connectivity index (χ2n) is 19.2. The fourth-order valence-electron chi connectivity index (χ4n) is 11.1. The number of nitrogens with one attached hydrogen (secondary N) is 3. The number of H-pyrrole nitrogens is 1. The molecule has 5 saturated heterocycles. The van der Waals surface area contributed by atoms with Crippen molar-refractivity contribution in [2.45, 2.75) is 57.3 Å². The van der Waals surface area contributed by atoms with Crippen molar-refractivity contribution in [3.63, 3.8) is 0 Å². The number of benzene rings is 2. The van der Waals surface area contributed by atoms with Crippen molar-refractivity contribution < 1.29 is 40.8 Å². The van der Waals surface area contributed by atoms with E-state index in [2.05, 4.69) is 36.1 Å². The lowest BCUT2D eigenvalue weighted by Gasteiger charge is -2.50. The Morgan fingerprint density at radius 3 is 2.44 bits per heavy atom. The number of carbonyl (C=O) groups is 4. The van der Waals surface area contributed by atoms with E-state index in [-0.39, 0.29) is 48.7 Å². The van der Waals surface area contributed by atoms with Gasteiger partial charge in [0.05, 0.1) is 11.3 Å². The van der Waals surface area contributed by atoms with Gasteiger partial charge in [0, 0.05) is 129 Å². The zero-order valence-electron chi connectivity index (χ0n) is 37.0. The third-order valence-corrected chi connectivity index (χ3v) is 16.2. The Morgan fingerprint density at radius 1 is 0.882 bits per heavy atom. The number of halogens is 3. The van der Waals surface area contributed by atoms with Gasteiger partial charge in [-0.3, -0.25) is 29.2 Å². The number of likely N-dealkylation sites (tertiary alicyclic amines) is 1. The molecule has 0 saturated carbocycles. The quantitative estimate of drug-likeness (QED) is 0.119. The highest BCUT2D eigenvalue weighted by Gasteiger charge is 2.48. The number of aromatic amines is 1. The Balaban J connectivity index is 0.681. The number of hydrogen-bond acceptors (Lipinski definition) is 11. The summed E-state index contributed by atoms with van der Waals surface area (Å²) in [4.78, 5) is 72.1. The maximum Gasteiger partial charge on any atom is 0.301 e. The normalized spacial score (nSPS) is 22.3. The number of alkyl halides is 1. The Bertz CT molecular complexity index is 2990. The fraction of sp³-hybridized carbons (Fsp3) is 0.417. The van der Waals surface area contributed by atoms with E-state index >= 15 is 8.78 Å². The van der Waals surface area contributed by atoms with Crippen molar-refractivity contribution >= 4 is 61.9 Å². The number of pyridine rings is 2. The molecule has 6 aliphatic rings. The Morgan fingerprint density at radius 2 is 1.69 bits per heavy atom. The first-order valence-corrected chi connectivity index (χ1v) is 24.5. The molecule has 0 radical (unpaired) electrons. The van der Waals surface area contributed by atoms with Crippen molar-refractivity contribution in [1.82, 2.24) is 34.4 Å². The summed E-state index contributed by atoms with van der Waals surface area (Å²) in [6, 6.07) is 12.6. The van der Waals surface area contributed by atoms with Crippen LogP contribution in [0, 0.1) is 23.0 Å². The van der Waals surface area contributed by atoms with Gasteiger partial charge in [0.2, 0.25) is 17.6 Å². The van der Waals surface area contributed by atoms with E-state index in [1.807, 2.05) is 29.0 Å². The third kappa shape index (κ3) is 8.04. The Kier molecular flexibility index (Phi) is 11.0. The molecule has 11 rings (SSSR count). The average molecular weight is 951 g/mol. The van der Waals surface area contributed by atoms with E-state index in [1.54, 1.807) is 23.4 Å². The van der Waals surface area contributed by atoms with Gasteiger partial charge in [0.25, 0.3) is 5.91 Å². The third-order valence-electron chi connectivity index (χ3n) is 14.7. The molecule has 2 aromatic carbocycles. The van der Waals surface area contributed by atoms with Gasteiger partial charge in [0.1, 0.15) is 29.5 Å². The van der Waals surface area contributed by atoms with Gasteiger partial charge in [0.15, 0.2) is 5.82 Å². The minimum Gasteiger partial charge on any atom is -0.372 e. The van der Waals surface area contributed by atoms with E-state index in [1.165, 1.54) is 6.20 Å². The predicted octanol–water partition coefficient (Wildman–Crippen LogP) is 5.02. The minimum absolute atomic E-state index is 0.00136. The molecule has 0 aliphatic carbocycles. The molecule has 0 bridgehead atoms. The summed E-state index contributed by atoms with van der Waals surface area (Å²) in [7, 11) is -4.36. The van der Waals surface area contributed by atoms with Crippen LogP contribution in [0.3, 0.4) is 0 Å². The number of nitrogens with zero attached hydrogens (tertiary/aromatic N) is 7. The lowest BCUT2D eigenvalue weighted by atomic mass is 9.78. The van der Waals surface area contributed by atoms with E-state index in [4.69, 9.17) is 4.98 Å². The number of fused-ring (bicyclic) bond motifs is 2. The molecule has 16 nitrogen and oxygen atoms in total. The zero-order valence-corrected chi connectivity index (χ0v) is 37.8. The van der Waals surface area contributed by atoms with E-state index in [9.17, 15) is 32.0 Å². The molecule has 3 amide bonds. The van der Waals surface area contributed by atoms with Gasteiger partial charge in [-0.05, 0) is 92.1 Å². The standard InChI is InChI=1S/C48H49F3N10O6S/c49-32-11-15-60(24-32)68(66,67)56-38-5-4-37(50)42(43(38)51)44(63)36-21-54-45-35(36)18-30(20-53-45)29-1-7-40(52-19-29)59-16-12-48(27-59)25-57(26-48)22-28-9-13-58(14-10-28)33-2-3-34-31(17-33)23-61(47(34)65)39-6-8-41(62)55-46(39)64/h1-5,7,17-21,28,32,39,56H,6,8-16,22-27H2,(H,53,54)(H,55,62,64)/t32-,39?/m1/s1. The van der Waals surface area contributed by atoms with Crippen LogP contribution in [0.15, 0.2) is 67.1 Å². The van der Waals surface area contributed by atoms with E-state index in [0.717, 1.165) is 104 Å². The van der Waals surface area contributed by atoms with Crippen molar-refractivity contribution in [2.75, 3.05) is 73.4 Å². The van der Waals surface area contributed by atoms with Gasteiger partial charge < -0.3 is 24.6 Å². The smallest absolute Gasteiger partial charge is 0.301 e. The number of rotatable bonds is 11. The van der Waals surface area contributed by atoms with Crippen molar-refractivity contribution in [2.24, 2.45) is 11.3 Å². The maximum atomic E-state index is 15.8. The van der Waals surface area contributed by atoms with Crippen LogP contribution in [-0.4, -0.2) is 132 Å². The highest BCUT2D eigenvalue weighted by atomic mass is 32.2. The SMILES string of the molecule is O=C1CCC(N2Cc3cc(N4CCC(CN5CC6(CCN(c7ccc(-c8cnc9[nH]cc(C(=O)c%10c(F)ccc(NS(=O)(=O)N%11CC[C@@H](F)C%11)c%10F)c9c8)cn7)C6)C5)CC4)ccc3C2=O)C(=O)N1. The summed E-state index contributed by atoms with van der Waals surface area (Å²) >= 11 is 0. The van der Waals surface area contributed by atoms with Crippen LogP contribution in [-0.2, 0) is 26.3 Å². The Labute approximate surface area is 390 Å². The van der Waals surface area contributed by atoms with E-state index in [0.29, 0.717) is 41.0 Å². The van der Waals surface area contributed by atoms with Crippen LogP contribution >= 0.6 is 0 Å². The van der Waals surface area contributed by atoms with Crippen LogP contribution in [0.25, 0.3) is 22.2 Å². The molecule has 3 aromatic heterocycles. The number of piperidine rings is 2. The zero-order chi connectivity index (χ0) is 47.1. The van der Waals surface area contributed by atoms with Crippen LogP contribution in [0.5, 0.6) is 0 Å². The van der Waals surface area contributed by atoms with Crippen LogP contribution in [0.1, 0.15) is 70.4 Å². The number of carbonyl (C=O) groups excluding carboxylic acids is 4. The molecule has 5 fully saturated rings. The van der Waals surface area contributed by atoms with Gasteiger partial charge >= 0.3 is 10.2 Å². The molecule has 6 aliphatic heterocycles. The van der Waals surface area contributed by atoms with Gasteiger partial charge in [-0.25, -0.2) is 23.1 Å². The number of aromatic nitrogens is 3. The van der Waals surface area contributed by atoms with Crippen LogP contribution < -0.4 is 19.8 Å². The van der Waals surface area contributed by atoms with Gasteiger partial charge in [-0.1, -0.05) is 0 Å². The molecule has 2 atom stereocenters. The maximum absolute atomic E-state index is 15.8. The molecule has 3 N–H and O–H groups in total. The monoisotopic (exact) mass is 950 g/mol. The molecular weight excluding hydrogens is 902 g/mol. The highest BCUT2D eigenvalue weighted by molar-refractivity contribution is 7.90. The van der Waals surface area contributed by atoms with Crippen LogP contribution in [0.4, 0.5) is 30.4 Å². The number of anilines is 3. The highest BCUT2D eigenvalue weighted by Crippen LogP contribution is 2.42. The van der Waals surface area contributed by atoms with Crippen molar-refractivity contribution in [1.29, 1.82) is 0 Å². The lowest BCUT2D eigenvalue weighted by Crippen LogP contribution is -2.59. The molecule has 20 heteroatoms. The number of hydrogen-bond donors (Lipinski definition) is 3. The average Bonchev–Trinajstić information content (AvgIpc) is 4.13. The summed E-state index contributed by atoms with van der Waals surface area (Å²) in [5.41, 5.74) is 2.89. The summed E-state index contributed by atoms with van der Waals surface area (Å²) in [5.74, 6) is -2.98. The second-order valence-corrected chi connectivity index (χ2v) is 20.9. The predicted molar refractivity (Wildman–Crippen MR) is 246 cm³/mol. The largest absolute Gasteiger partial charge is 0.372 e. The second kappa shape index (κ2) is 17.0. The molecule has 354 valence electrons. The Hall–Kier alpha value is -6.38. The molecule has 9 heterocycles. The lowest BCUT2D eigenvalue weighted by molar-refractivity contribution is -0.136. The number of ketones is 1. The number of amides is 3. The number of imide groups is 1. The molecule has 1 spiro atoms. The molecule has 1 unspecified atom stereocenters. The van der Waals surface area contributed by atoms with Gasteiger partial charge in [-0.15, -0.1) is 0 Å². The fourth-order valence-corrected chi connectivity index (χ4v) is 12.4. The topological polar surface area (TPSA) is 184 Å². The van der Waals surface area contributed by atoms with Crippen LogP contribution in [0.2, 0.25) is 0 Å². The van der Waals surface area contributed by atoms with Crippen molar-refractivity contribution in [3.05, 3.63) is 101 Å². The summed E-state index contributed by atoms with van der Waals surface area (Å²) < 4.78 is 73.2. The first-order chi connectivity index (χ1) is 32.7. The molecule has 5 aromatic rings. The van der Waals surface area contributed by atoms with Crippen molar-refractivity contribution in [3.8, 4) is 11.1 Å². The summed E-state index contributed by atoms with van der Waals surface area (Å²) in [6.07, 6.45) is 7.13. The minimum atomic E-state index is -4.36. The molecular formula is C48H49F3N10O6S. The molecule has 68 heavy (non-hydrogen) atoms. The first-order valence-electron chi connectivity index (χ1n) is 23.1. The summed E-state index contributed by atoms with van der Waals surface area (Å²) in [6.45, 7) is 6.70. The van der Waals surface area contributed by atoms with E-state index < -0.39 is 57.0 Å².